The molecule has 0 bridgehead atoms. The van der Waals surface area contributed by atoms with E-state index < -0.39 is 10.1 Å². The van der Waals surface area contributed by atoms with Crippen molar-refractivity contribution in [3.63, 3.8) is 0 Å². The van der Waals surface area contributed by atoms with Gasteiger partial charge in [0.2, 0.25) is 11.0 Å². The maximum atomic E-state index is 10.4. The van der Waals surface area contributed by atoms with Crippen LogP contribution in [0.15, 0.2) is 102 Å². The molecule has 2 N–H and O–H groups in total. The van der Waals surface area contributed by atoms with E-state index in [-0.39, 0.29) is 18.1 Å². The smallest absolute Gasteiger partial charge is 0.213 e. The molecule has 0 aliphatic heterocycles. The largest absolute Gasteiger partial charge is 0.744 e. The van der Waals surface area contributed by atoms with E-state index >= 15 is 0 Å². The van der Waals surface area contributed by atoms with Crippen LogP contribution in [0, 0.1) is 6.92 Å². The maximum Gasteiger partial charge on any atom is 0.213 e. The summed E-state index contributed by atoms with van der Waals surface area (Å²) in [4.78, 5) is 1.81. The summed E-state index contributed by atoms with van der Waals surface area (Å²) in [7, 11) is -2.16. The second-order valence-corrected chi connectivity index (χ2v) is 10.6. The standard InChI is InChI=1S/C24H25N2O2.C7H8O3S/c1-25-22-8-4-2-6-20(22)24(21-7-3-5-9-23(21)25)18-10-12-19(13-11-18)26(14-16-27)15-17-28;1-6-2-4-7(5-3-6)11(8,9)10/h2-13,27-28H,14-17H2,1H3;2-5H,1H3,(H,8,9,10)/q+1;/p-1. The van der Waals surface area contributed by atoms with E-state index in [1.807, 2.05) is 11.8 Å². The normalized spacial score (nSPS) is 11.3. The Kier molecular flexibility index (Phi) is 8.93. The number of aliphatic hydroxyl groups is 2. The topological polar surface area (TPSA) is 105 Å². The van der Waals surface area contributed by atoms with E-state index in [9.17, 15) is 23.2 Å². The van der Waals surface area contributed by atoms with Crippen LogP contribution in [-0.2, 0) is 17.2 Å². The number of anilines is 1. The number of hydrogen-bond acceptors (Lipinski definition) is 6. The van der Waals surface area contributed by atoms with Crippen molar-refractivity contribution in [1.29, 1.82) is 0 Å². The number of fused-ring (bicyclic) bond motifs is 2. The first-order valence-electron chi connectivity index (χ1n) is 12.6. The van der Waals surface area contributed by atoms with E-state index in [1.54, 1.807) is 12.1 Å². The van der Waals surface area contributed by atoms with Gasteiger partial charge in [0.1, 0.15) is 17.2 Å². The highest BCUT2D eigenvalue weighted by atomic mass is 32.2. The Hall–Kier alpha value is -3.82. The molecule has 8 heteroatoms. The van der Waals surface area contributed by atoms with Crippen molar-refractivity contribution in [1.82, 2.24) is 0 Å². The van der Waals surface area contributed by atoms with Crippen LogP contribution in [0.25, 0.3) is 32.9 Å². The summed E-state index contributed by atoms with van der Waals surface area (Å²) < 4.78 is 33.4. The van der Waals surface area contributed by atoms with Crippen molar-refractivity contribution >= 4 is 37.6 Å². The molecule has 0 radical (unpaired) electrons. The molecule has 0 saturated heterocycles. The summed E-state index contributed by atoms with van der Waals surface area (Å²) in [6, 6.07) is 31.2. The van der Waals surface area contributed by atoms with Crippen LogP contribution in [0.1, 0.15) is 5.56 Å². The van der Waals surface area contributed by atoms with E-state index in [0.717, 1.165) is 16.8 Å². The van der Waals surface area contributed by atoms with Gasteiger partial charge in [0.25, 0.3) is 0 Å². The predicted molar refractivity (Wildman–Crippen MR) is 154 cm³/mol. The summed E-state index contributed by atoms with van der Waals surface area (Å²) in [5.41, 5.74) is 6.71. The van der Waals surface area contributed by atoms with Crippen molar-refractivity contribution in [3.8, 4) is 11.1 Å². The fourth-order valence-corrected chi connectivity index (χ4v) is 5.17. The van der Waals surface area contributed by atoms with Crippen LogP contribution in [-0.4, -0.2) is 49.5 Å². The molecule has 7 nitrogen and oxygen atoms in total. The molecule has 0 amide bonds. The van der Waals surface area contributed by atoms with E-state index in [1.165, 1.54) is 39.5 Å². The van der Waals surface area contributed by atoms with Crippen molar-refractivity contribution in [3.05, 3.63) is 103 Å². The molecule has 0 atom stereocenters. The SMILES string of the molecule is C[n+]1c2ccccc2c(-c2ccc(N(CCO)CCO)cc2)c2ccccc21.Cc1ccc(S(=O)(=O)[O-])cc1. The minimum atomic E-state index is -4.27. The number of nitrogens with zero attached hydrogens (tertiary/aromatic N) is 2. The Labute approximate surface area is 229 Å². The van der Waals surface area contributed by atoms with Crippen LogP contribution in [0.5, 0.6) is 0 Å². The van der Waals surface area contributed by atoms with Crippen LogP contribution >= 0.6 is 0 Å². The molecule has 1 heterocycles. The number of rotatable bonds is 7. The Morgan fingerprint density at radius 1 is 0.744 bits per heavy atom. The molecule has 0 aliphatic rings. The van der Waals surface area contributed by atoms with Gasteiger partial charge in [0, 0.05) is 36.5 Å². The minimum Gasteiger partial charge on any atom is -0.744 e. The molecule has 0 spiro atoms. The average Bonchev–Trinajstić information content (AvgIpc) is 2.94. The minimum absolute atomic E-state index is 0.0617. The maximum absolute atomic E-state index is 10.4. The summed E-state index contributed by atoms with van der Waals surface area (Å²) in [5, 5.41) is 21.0. The molecule has 0 fully saturated rings. The first kappa shape index (κ1) is 28.2. The Morgan fingerprint density at radius 3 is 1.69 bits per heavy atom. The molecule has 0 aliphatic carbocycles. The Balaban J connectivity index is 0.000000270. The first-order chi connectivity index (χ1) is 18.7. The highest BCUT2D eigenvalue weighted by Crippen LogP contribution is 2.34. The second kappa shape index (κ2) is 12.4. The van der Waals surface area contributed by atoms with Crippen LogP contribution in [0.4, 0.5) is 5.69 Å². The zero-order valence-corrected chi connectivity index (χ0v) is 22.8. The van der Waals surface area contributed by atoms with Crippen LogP contribution in [0.3, 0.4) is 0 Å². The van der Waals surface area contributed by atoms with Crippen LogP contribution in [0.2, 0.25) is 0 Å². The van der Waals surface area contributed by atoms with Gasteiger partial charge in [0.05, 0.1) is 28.9 Å². The van der Waals surface area contributed by atoms with Gasteiger partial charge >= 0.3 is 0 Å². The molecular weight excluding hydrogens is 512 g/mol. The third-order valence-corrected chi connectivity index (χ3v) is 7.49. The summed E-state index contributed by atoms with van der Waals surface area (Å²) in [6.45, 7) is 2.96. The van der Waals surface area contributed by atoms with Gasteiger partial charge in [-0.3, -0.25) is 0 Å². The molecule has 0 saturated carbocycles. The molecule has 5 aromatic rings. The third-order valence-electron chi connectivity index (χ3n) is 6.64. The number of aromatic nitrogens is 1. The number of aryl methyl sites for hydroxylation is 2. The summed E-state index contributed by atoms with van der Waals surface area (Å²) in [5.74, 6) is 0. The van der Waals surface area contributed by atoms with Crippen molar-refractivity contribution in [2.24, 2.45) is 7.05 Å². The van der Waals surface area contributed by atoms with Crippen molar-refractivity contribution < 1.29 is 27.8 Å². The first-order valence-corrected chi connectivity index (χ1v) is 14.0. The van der Waals surface area contributed by atoms with E-state index in [0.29, 0.717) is 13.1 Å². The fourth-order valence-electron chi connectivity index (χ4n) is 4.70. The zero-order chi connectivity index (χ0) is 28.0. The second-order valence-electron chi connectivity index (χ2n) is 9.22. The molecular formula is C31H32N2O5S. The van der Waals surface area contributed by atoms with Crippen molar-refractivity contribution in [2.75, 3.05) is 31.2 Å². The number of benzene rings is 4. The summed E-state index contributed by atoms with van der Waals surface area (Å²) in [6.07, 6.45) is 0. The van der Waals surface area contributed by atoms with Gasteiger partial charge < -0.3 is 19.7 Å². The van der Waals surface area contributed by atoms with Crippen LogP contribution < -0.4 is 9.47 Å². The third kappa shape index (κ3) is 6.43. The van der Waals surface area contributed by atoms with E-state index in [2.05, 4.69) is 84.4 Å². The van der Waals surface area contributed by atoms with E-state index in [4.69, 9.17) is 0 Å². The van der Waals surface area contributed by atoms with Gasteiger partial charge in [-0.2, -0.15) is 4.57 Å². The summed E-state index contributed by atoms with van der Waals surface area (Å²) >= 11 is 0. The molecule has 1 aromatic heterocycles. The molecule has 5 rings (SSSR count). The molecule has 4 aromatic carbocycles. The Morgan fingerprint density at radius 2 is 1.23 bits per heavy atom. The fraction of sp³-hybridized carbons (Fsp3) is 0.194. The number of aliphatic hydroxyl groups excluding tert-OH is 2. The lowest BCUT2D eigenvalue weighted by atomic mass is 9.95. The van der Waals surface area contributed by atoms with Gasteiger partial charge in [-0.1, -0.05) is 54.1 Å². The number of para-hydroxylation sites is 2. The highest BCUT2D eigenvalue weighted by Gasteiger charge is 2.18. The lowest BCUT2D eigenvalue weighted by Gasteiger charge is -2.23. The lowest BCUT2D eigenvalue weighted by molar-refractivity contribution is -0.617. The van der Waals surface area contributed by atoms with Gasteiger partial charge in [-0.25, -0.2) is 8.42 Å². The van der Waals surface area contributed by atoms with Gasteiger partial charge in [-0.05, 0) is 48.9 Å². The van der Waals surface area contributed by atoms with Gasteiger partial charge in [-0.15, -0.1) is 0 Å². The Bertz CT molecular complexity index is 1610. The lowest BCUT2D eigenvalue weighted by Crippen LogP contribution is -2.30. The van der Waals surface area contributed by atoms with Crippen molar-refractivity contribution in [2.45, 2.75) is 11.8 Å². The highest BCUT2D eigenvalue weighted by molar-refractivity contribution is 7.85. The van der Waals surface area contributed by atoms with Gasteiger partial charge in [0.15, 0.2) is 0 Å². The molecule has 39 heavy (non-hydrogen) atoms. The average molecular weight is 545 g/mol. The molecule has 202 valence electrons. The predicted octanol–water partition coefficient (Wildman–Crippen LogP) is 4.17. The quantitative estimate of drug-likeness (QED) is 0.181. The monoisotopic (exact) mass is 544 g/mol. The zero-order valence-electron chi connectivity index (χ0n) is 22.0. The molecule has 0 unspecified atom stereocenters. The number of pyridine rings is 1. The number of hydrogen-bond donors (Lipinski definition) is 2.